The minimum Gasteiger partial charge on any atom is -0.492 e. The first-order valence-electron chi connectivity index (χ1n) is 8.81. The highest BCUT2D eigenvalue weighted by atomic mass is 32.2. The molecule has 1 N–H and O–H groups in total. The van der Waals surface area contributed by atoms with Crippen LogP contribution < -0.4 is 15.6 Å². The van der Waals surface area contributed by atoms with Gasteiger partial charge in [-0.05, 0) is 32.4 Å². The van der Waals surface area contributed by atoms with E-state index in [2.05, 4.69) is 10.3 Å². The zero-order chi connectivity index (χ0) is 18.7. The average Bonchev–Trinajstić information content (AvgIpc) is 2.99. The molecular weight excluding hydrogens is 350 g/mol. The van der Waals surface area contributed by atoms with E-state index in [0.29, 0.717) is 35.4 Å². The normalized spacial score (nSPS) is 15.6. The summed E-state index contributed by atoms with van der Waals surface area (Å²) in [6, 6.07) is 7.17. The molecule has 1 aliphatic heterocycles. The topological polar surface area (TPSA) is 73.2 Å². The van der Waals surface area contributed by atoms with E-state index in [0.717, 1.165) is 11.3 Å². The Labute approximate surface area is 157 Å². The number of para-hydroxylation sites is 2. The maximum atomic E-state index is 12.8. The lowest BCUT2D eigenvalue weighted by Gasteiger charge is -2.16. The summed E-state index contributed by atoms with van der Waals surface area (Å²) in [4.78, 5) is 29.9. The van der Waals surface area contributed by atoms with Gasteiger partial charge in [0.15, 0.2) is 5.16 Å². The molecule has 1 aromatic heterocycles. The van der Waals surface area contributed by atoms with Crippen LogP contribution in [0.1, 0.15) is 37.6 Å². The Kier molecular flexibility index (Phi) is 5.66. The van der Waals surface area contributed by atoms with Gasteiger partial charge in [0, 0.05) is 23.4 Å². The van der Waals surface area contributed by atoms with Crippen molar-refractivity contribution in [2.24, 2.45) is 0 Å². The maximum Gasteiger partial charge on any atom is 0.257 e. The number of benzene rings is 1. The van der Waals surface area contributed by atoms with Crippen molar-refractivity contribution in [2.45, 2.75) is 44.8 Å². The SMILES string of the molecule is CCOc1ccccc1NC(=O)CC1CSc2nc(C)c(CC)c(=O)n21. The molecule has 2 aromatic rings. The number of thioether (sulfide) groups is 1. The second-order valence-corrected chi connectivity index (χ2v) is 7.12. The van der Waals surface area contributed by atoms with Gasteiger partial charge in [-0.3, -0.25) is 14.2 Å². The molecule has 0 bridgehead atoms. The summed E-state index contributed by atoms with van der Waals surface area (Å²) >= 11 is 1.53. The summed E-state index contributed by atoms with van der Waals surface area (Å²) in [5.74, 6) is 1.18. The fourth-order valence-corrected chi connectivity index (χ4v) is 4.33. The van der Waals surface area contributed by atoms with E-state index in [9.17, 15) is 9.59 Å². The Morgan fingerprint density at radius 1 is 1.38 bits per heavy atom. The van der Waals surface area contributed by atoms with E-state index >= 15 is 0 Å². The first-order valence-corrected chi connectivity index (χ1v) is 9.80. The summed E-state index contributed by atoms with van der Waals surface area (Å²) in [7, 11) is 0. The summed E-state index contributed by atoms with van der Waals surface area (Å²) in [5.41, 5.74) is 2.14. The molecule has 2 heterocycles. The number of hydrogen-bond donors (Lipinski definition) is 1. The van der Waals surface area contributed by atoms with Gasteiger partial charge in [-0.1, -0.05) is 30.8 Å². The molecule has 26 heavy (non-hydrogen) atoms. The van der Waals surface area contributed by atoms with Gasteiger partial charge in [0.25, 0.3) is 5.56 Å². The van der Waals surface area contributed by atoms with Crippen LogP contribution in [0.5, 0.6) is 5.75 Å². The second kappa shape index (κ2) is 7.95. The number of aryl methyl sites for hydroxylation is 1. The molecule has 1 aliphatic rings. The number of ether oxygens (including phenoxy) is 1. The number of carbonyl (C=O) groups excluding carboxylic acids is 1. The Morgan fingerprint density at radius 3 is 2.88 bits per heavy atom. The molecule has 0 saturated heterocycles. The lowest BCUT2D eigenvalue weighted by Crippen LogP contribution is -2.30. The third kappa shape index (κ3) is 3.62. The van der Waals surface area contributed by atoms with Crippen molar-refractivity contribution in [3.63, 3.8) is 0 Å². The molecule has 6 nitrogen and oxygen atoms in total. The van der Waals surface area contributed by atoms with Gasteiger partial charge in [0.2, 0.25) is 5.91 Å². The van der Waals surface area contributed by atoms with Crippen LogP contribution in [0.2, 0.25) is 0 Å². The second-order valence-electron chi connectivity index (χ2n) is 6.13. The van der Waals surface area contributed by atoms with Crippen LogP contribution in [0.3, 0.4) is 0 Å². The Balaban J connectivity index is 1.78. The first kappa shape index (κ1) is 18.5. The number of anilines is 1. The van der Waals surface area contributed by atoms with Crippen molar-refractivity contribution < 1.29 is 9.53 Å². The summed E-state index contributed by atoms with van der Waals surface area (Å²) in [6.07, 6.45) is 0.873. The van der Waals surface area contributed by atoms with Crippen LogP contribution in [0.4, 0.5) is 5.69 Å². The van der Waals surface area contributed by atoms with Gasteiger partial charge in [-0.15, -0.1) is 0 Å². The summed E-state index contributed by atoms with van der Waals surface area (Å²) in [5, 5.41) is 3.61. The number of amides is 1. The molecule has 1 unspecified atom stereocenters. The first-order chi connectivity index (χ1) is 12.5. The van der Waals surface area contributed by atoms with Crippen molar-refractivity contribution in [3.05, 3.63) is 45.9 Å². The number of aromatic nitrogens is 2. The van der Waals surface area contributed by atoms with Crippen molar-refractivity contribution in [3.8, 4) is 5.75 Å². The quantitative estimate of drug-likeness (QED) is 0.787. The predicted molar refractivity (Wildman–Crippen MR) is 103 cm³/mol. The van der Waals surface area contributed by atoms with E-state index < -0.39 is 0 Å². The van der Waals surface area contributed by atoms with Crippen LogP contribution in [-0.2, 0) is 11.2 Å². The van der Waals surface area contributed by atoms with Crippen LogP contribution in [0.15, 0.2) is 34.2 Å². The van der Waals surface area contributed by atoms with Crippen LogP contribution in [0.25, 0.3) is 0 Å². The molecule has 1 aromatic carbocycles. The zero-order valence-electron chi connectivity index (χ0n) is 15.2. The summed E-state index contributed by atoms with van der Waals surface area (Å²) < 4.78 is 7.23. The predicted octanol–water partition coefficient (Wildman–Crippen LogP) is 3.19. The highest BCUT2D eigenvalue weighted by molar-refractivity contribution is 7.99. The molecule has 1 atom stereocenters. The van der Waals surface area contributed by atoms with Crippen molar-refractivity contribution in [1.29, 1.82) is 0 Å². The lowest BCUT2D eigenvalue weighted by atomic mass is 10.1. The van der Waals surface area contributed by atoms with E-state index in [1.165, 1.54) is 11.8 Å². The lowest BCUT2D eigenvalue weighted by molar-refractivity contribution is -0.116. The smallest absolute Gasteiger partial charge is 0.257 e. The minimum absolute atomic E-state index is 0.0208. The van der Waals surface area contributed by atoms with Crippen LogP contribution in [0, 0.1) is 6.92 Å². The number of hydrogen-bond acceptors (Lipinski definition) is 5. The highest BCUT2D eigenvalue weighted by Crippen LogP contribution is 2.33. The maximum absolute atomic E-state index is 12.8. The van der Waals surface area contributed by atoms with Crippen LogP contribution >= 0.6 is 11.8 Å². The third-order valence-electron chi connectivity index (χ3n) is 4.39. The van der Waals surface area contributed by atoms with Crippen molar-refractivity contribution in [1.82, 2.24) is 9.55 Å². The molecule has 0 spiro atoms. The molecular formula is C19H23N3O3S. The van der Waals surface area contributed by atoms with Crippen LogP contribution in [-0.4, -0.2) is 27.8 Å². The van der Waals surface area contributed by atoms with E-state index in [1.54, 1.807) is 4.57 Å². The highest BCUT2D eigenvalue weighted by Gasteiger charge is 2.29. The van der Waals surface area contributed by atoms with Crippen molar-refractivity contribution >= 4 is 23.4 Å². The fraction of sp³-hybridized carbons (Fsp3) is 0.421. The van der Waals surface area contributed by atoms with Gasteiger partial charge in [-0.25, -0.2) is 4.98 Å². The number of nitrogens with one attached hydrogen (secondary N) is 1. The summed E-state index contributed by atoms with van der Waals surface area (Å²) in [6.45, 7) is 6.25. The number of rotatable bonds is 6. The monoisotopic (exact) mass is 373 g/mol. The van der Waals surface area contributed by atoms with E-state index in [4.69, 9.17) is 4.74 Å². The Hall–Kier alpha value is -2.28. The van der Waals surface area contributed by atoms with Gasteiger partial charge >= 0.3 is 0 Å². The fourth-order valence-electron chi connectivity index (χ4n) is 3.14. The van der Waals surface area contributed by atoms with Gasteiger partial charge < -0.3 is 10.1 Å². The molecule has 138 valence electrons. The Bertz CT molecular complexity index is 879. The van der Waals surface area contributed by atoms with Crippen molar-refractivity contribution in [2.75, 3.05) is 17.7 Å². The average molecular weight is 373 g/mol. The largest absolute Gasteiger partial charge is 0.492 e. The number of nitrogens with zero attached hydrogens (tertiary/aromatic N) is 2. The molecule has 0 aliphatic carbocycles. The third-order valence-corrected chi connectivity index (χ3v) is 5.49. The zero-order valence-corrected chi connectivity index (χ0v) is 16.1. The number of fused-ring (bicyclic) bond motifs is 1. The standard InChI is InChI=1S/C19H23N3O3S/c1-4-14-12(3)20-19-22(18(14)24)13(11-26-19)10-17(23)21-15-8-6-7-9-16(15)25-5-2/h6-9,13H,4-5,10-11H2,1-3H3,(H,21,23). The van der Waals surface area contributed by atoms with Gasteiger partial charge in [0.05, 0.1) is 18.3 Å². The van der Waals surface area contributed by atoms with Gasteiger partial charge in [-0.2, -0.15) is 0 Å². The number of carbonyl (C=O) groups is 1. The van der Waals surface area contributed by atoms with E-state index in [-0.39, 0.29) is 23.9 Å². The molecule has 1 amide bonds. The van der Waals surface area contributed by atoms with E-state index in [1.807, 2.05) is 45.0 Å². The molecule has 0 radical (unpaired) electrons. The Morgan fingerprint density at radius 2 is 2.15 bits per heavy atom. The molecule has 3 rings (SSSR count). The van der Waals surface area contributed by atoms with Gasteiger partial charge in [0.1, 0.15) is 5.75 Å². The molecule has 0 saturated carbocycles. The molecule has 0 fully saturated rings. The minimum atomic E-state index is -0.180. The molecule has 7 heteroatoms.